The summed E-state index contributed by atoms with van der Waals surface area (Å²) in [5.74, 6) is 0.618. The van der Waals surface area contributed by atoms with Gasteiger partial charge in [-0.15, -0.1) is 0 Å². The Hall–Kier alpha value is -3.21. The molecule has 0 saturated carbocycles. The summed E-state index contributed by atoms with van der Waals surface area (Å²) >= 11 is 0. The van der Waals surface area contributed by atoms with Crippen molar-refractivity contribution in [3.63, 3.8) is 0 Å². The highest BCUT2D eigenvalue weighted by Crippen LogP contribution is 2.21. The number of nitrogens with two attached hydrogens (primary N) is 1. The predicted molar refractivity (Wildman–Crippen MR) is 132 cm³/mol. The molecule has 1 aromatic heterocycles. The number of hydrogen-bond donors (Lipinski definition) is 3. The van der Waals surface area contributed by atoms with Crippen LogP contribution in [0, 0.1) is 5.41 Å². The maximum atomic E-state index is 7.87. The Kier molecular flexibility index (Phi) is 12.4. The van der Waals surface area contributed by atoms with Gasteiger partial charge in [0.25, 0.3) is 0 Å². The van der Waals surface area contributed by atoms with Gasteiger partial charge >= 0.3 is 0 Å². The molecule has 4 N–H and O–H groups in total. The van der Waals surface area contributed by atoms with E-state index in [1.54, 1.807) is 18.5 Å². The van der Waals surface area contributed by atoms with Crippen LogP contribution in [0.4, 0.5) is 5.82 Å². The van der Waals surface area contributed by atoms with Crippen LogP contribution in [0.3, 0.4) is 0 Å². The third-order valence-corrected chi connectivity index (χ3v) is 4.16. The molecule has 0 aliphatic heterocycles. The second-order valence-electron chi connectivity index (χ2n) is 6.55. The van der Waals surface area contributed by atoms with E-state index in [0.29, 0.717) is 17.2 Å². The lowest BCUT2D eigenvalue weighted by Crippen LogP contribution is -2.11. The first-order valence-corrected chi connectivity index (χ1v) is 10.2. The van der Waals surface area contributed by atoms with Crippen molar-refractivity contribution in [1.29, 1.82) is 5.41 Å². The summed E-state index contributed by atoms with van der Waals surface area (Å²) in [6.07, 6.45) is 13.0. The number of rotatable bonds is 8. The number of hydrogen-bond acceptors (Lipinski definition) is 5. The average molecular weight is 408 g/mol. The Morgan fingerprint density at radius 1 is 1.07 bits per heavy atom. The maximum absolute atomic E-state index is 7.87. The number of allylic oxidation sites excluding steroid dienone is 10. The van der Waals surface area contributed by atoms with Gasteiger partial charge in [-0.05, 0) is 69.9 Å². The van der Waals surface area contributed by atoms with Crippen molar-refractivity contribution in [2.24, 2.45) is 5.73 Å². The fourth-order valence-corrected chi connectivity index (χ4v) is 2.36. The van der Waals surface area contributed by atoms with E-state index >= 15 is 0 Å². The van der Waals surface area contributed by atoms with Gasteiger partial charge in [0.1, 0.15) is 5.82 Å². The van der Waals surface area contributed by atoms with E-state index in [4.69, 9.17) is 11.1 Å². The monoisotopic (exact) mass is 407 g/mol. The minimum Gasteiger partial charge on any atom is -0.401 e. The molecule has 0 aromatic carbocycles. The van der Waals surface area contributed by atoms with Crippen molar-refractivity contribution >= 4 is 17.1 Å². The molecule has 0 aliphatic rings. The van der Waals surface area contributed by atoms with E-state index in [1.165, 1.54) is 0 Å². The first-order valence-electron chi connectivity index (χ1n) is 10.2. The smallest absolute Gasteiger partial charge is 0.149 e. The summed E-state index contributed by atoms with van der Waals surface area (Å²) in [4.78, 5) is 8.95. The molecule has 0 aliphatic carbocycles. The Bertz CT molecular complexity index is 892. The third kappa shape index (κ3) is 8.43. The number of nitrogens with zero attached hydrogens (tertiary/aromatic N) is 2. The van der Waals surface area contributed by atoms with Gasteiger partial charge in [0.15, 0.2) is 0 Å². The van der Waals surface area contributed by atoms with Gasteiger partial charge in [-0.2, -0.15) is 0 Å². The average Bonchev–Trinajstić information content (AvgIpc) is 2.74. The summed E-state index contributed by atoms with van der Waals surface area (Å²) in [6, 6.07) is 0. The Morgan fingerprint density at radius 3 is 2.20 bits per heavy atom. The van der Waals surface area contributed by atoms with Crippen molar-refractivity contribution in [2.75, 3.05) is 5.32 Å². The zero-order valence-electron chi connectivity index (χ0n) is 19.7. The van der Waals surface area contributed by atoms with Gasteiger partial charge in [-0.1, -0.05) is 44.7 Å². The standard InChI is InChI=1S/C23H31N5.C2H6/c1-8-10-19(9-2)21-13-26-14-22(27-21)28-23(18(7)24)17(6)16(5)11-12-20(25)15(3)4;1-2/h8-14,25H,3,24H2,1-2,4-7H3,(H,27,28);1-2H3/b10-8-,12-11-,17-16-,19-9+,23-18+,25-20?;. The summed E-state index contributed by atoms with van der Waals surface area (Å²) in [5.41, 5.74) is 12.4. The highest BCUT2D eigenvalue weighted by Gasteiger charge is 2.09. The quantitative estimate of drug-likeness (QED) is 0.336. The second-order valence-corrected chi connectivity index (χ2v) is 6.55. The van der Waals surface area contributed by atoms with Crippen LogP contribution >= 0.6 is 0 Å². The molecule has 0 saturated heterocycles. The van der Waals surface area contributed by atoms with Crippen molar-refractivity contribution in [2.45, 2.75) is 55.4 Å². The molecule has 0 atom stereocenters. The van der Waals surface area contributed by atoms with Crippen LogP contribution in [0.5, 0.6) is 0 Å². The summed E-state index contributed by atoms with van der Waals surface area (Å²) < 4.78 is 0. The van der Waals surface area contributed by atoms with E-state index in [1.807, 2.05) is 79.7 Å². The molecular weight excluding hydrogens is 370 g/mol. The summed E-state index contributed by atoms with van der Waals surface area (Å²) in [6.45, 7) is 19.3. The number of aromatic nitrogens is 2. The zero-order chi connectivity index (χ0) is 23.3. The lowest BCUT2D eigenvalue weighted by molar-refractivity contribution is 1.12. The Balaban J connectivity index is 0.00000407. The van der Waals surface area contributed by atoms with Crippen LogP contribution in [-0.4, -0.2) is 15.7 Å². The Labute approximate surface area is 182 Å². The van der Waals surface area contributed by atoms with E-state index in [-0.39, 0.29) is 0 Å². The molecule has 1 heterocycles. The van der Waals surface area contributed by atoms with E-state index < -0.39 is 0 Å². The topological polar surface area (TPSA) is 87.7 Å². The minimum absolute atomic E-state index is 0.400. The lowest BCUT2D eigenvalue weighted by atomic mass is 10.0. The molecule has 0 radical (unpaired) electrons. The molecule has 1 aromatic rings. The molecule has 0 bridgehead atoms. The van der Waals surface area contributed by atoms with E-state index in [9.17, 15) is 0 Å². The molecule has 0 unspecified atom stereocenters. The normalized spacial score (nSPS) is 13.4. The summed E-state index contributed by atoms with van der Waals surface area (Å²) in [5, 5.41) is 11.2. The molecule has 5 nitrogen and oxygen atoms in total. The van der Waals surface area contributed by atoms with E-state index in [0.717, 1.165) is 33.7 Å². The van der Waals surface area contributed by atoms with Crippen LogP contribution in [0.1, 0.15) is 61.1 Å². The maximum Gasteiger partial charge on any atom is 0.149 e. The van der Waals surface area contributed by atoms with Crippen molar-refractivity contribution < 1.29 is 0 Å². The van der Waals surface area contributed by atoms with Crippen LogP contribution in [0.2, 0.25) is 0 Å². The third-order valence-electron chi connectivity index (χ3n) is 4.16. The van der Waals surface area contributed by atoms with Crippen molar-refractivity contribution in [1.82, 2.24) is 9.97 Å². The van der Waals surface area contributed by atoms with E-state index in [2.05, 4.69) is 21.9 Å². The highest BCUT2D eigenvalue weighted by atomic mass is 15.0. The fraction of sp³-hybridized carbons (Fsp3) is 0.320. The van der Waals surface area contributed by atoms with Gasteiger partial charge in [0.2, 0.25) is 0 Å². The van der Waals surface area contributed by atoms with Crippen LogP contribution < -0.4 is 11.1 Å². The van der Waals surface area contributed by atoms with Crippen LogP contribution in [-0.2, 0) is 0 Å². The zero-order valence-corrected chi connectivity index (χ0v) is 19.7. The first kappa shape index (κ1) is 26.8. The molecule has 30 heavy (non-hydrogen) atoms. The van der Waals surface area contributed by atoms with Gasteiger partial charge in [0, 0.05) is 5.70 Å². The molecule has 0 spiro atoms. The van der Waals surface area contributed by atoms with Crippen molar-refractivity contribution in [3.8, 4) is 0 Å². The van der Waals surface area contributed by atoms with Crippen LogP contribution in [0.25, 0.3) is 5.57 Å². The van der Waals surface area contributed by atoms with Gasteiger partial charge < -0.3 is 16.5 Å². The largest absolute Gasteiger partial charge is 0.401 e. The Morgan fingerprint density at radius 2 is 1.70 bits per heavy atom. The minimum atomic E-state index is 0.400. The van der Waals surface area contributed by atoms with Gasteiger partial charge in [-0.3, -0.25) is 4.98 Å². The molecular formula is C25H37N5. The lowest BCUT2D eigenvalue weighted by Gasteiger charge is -2.15. The van der Waals surface area contributed by atoms with Gasteiger partial charge in [-0.25, -0.2) is 4.98 Å². The fourth-order valence-electron chi connectivity index (χ4n) is 2.36. The van der Waals surface area contributed by atoms with Gasteiger partial charge in [0.05, 0.1) is 29.5 Å². The first-order chi connectivity index (χ1) is 14.2. The predicted octanol–water partition coefficient (Wildman–Crippen LogP) is 6.57. The second kappa shape index (κ2) is 13.9. The summed E-state index contributed by atoms with van der Waals surface area (Å²) in [7, 11) is 0. The number of anilines is 1. The highest BCUT2D eigenvalue weighted by molar-refractivity contribution is 6.05. The molecule has 162 valence electrons. The molecule has 0 amide bonds. The molecule has 1 rings (SSSR count). The number of nitrogens with one attached hydrogen (secondary N) is 2. The molecule has 0 fully saturated rings. The molecule has 5 heteroatoms. The SMILES string of the molecule is C=C(C)C(=N)\C=C/C(C)=C(C)\C(Nc1cncc(C(/C=C\C)=C/C)n1)=C(\C)N.CC. The van der Waals surface area contributed by atoms with Crippen LogP contribution in [0.15, 0.2) is 77.5 Å². The van der Waals surface area contributed by atoms with Crippen molar-refractivity contribution in [3.05, 3.63) is 83.2 Å².